The Morgan fingerprint density at radius 3 is 0.958 bits per heavy atom. The maximum absolute atomic E-state index is 12.5. The molecule has 0 radical (unpaired) electrons. The molecule has 422 valence electrons. The molecule has 0 aliphatic carbocycles. The third-order valence-corrected chi connectivity index (χ3v) is 15.3. The number of unbranched alkanes of at least 4 members (excludes halogenated alkanes) is 50. The number of ether oxygens (including phenoxy) is 1. The summed E-state index contributed by atoms with van der Waals surface area (Å²) in [7, 11) is 0. The van der Waals surface area contributed by atoms with Crippen LogP contribution >= 0.6 is 0 Å². The fourth-order valence-corrected chi connectivity index (χ4v) is 10.3. The van der Waals surface area contributed by atoms with Crippen molar-refractivity contribution in [3.63, 3.8) is 0 Å². The summed E-state index contributed by atoms with van der Waals surface area (Å²) in [5, 5.41) is 23.2. The largest absolute Gasteiger partial charge is 0.466 e. The summed E-state index contributed by atoms with van der Waals surface area (Å²) in [6, 6.07) is -0.631. The molecule has 0 aromatic heterocycles. The fourth-order valence-electron chi connectivity index (χ4n) is 10.3. The van der Waals surface area contributed by atoms with Crippen molar-refractivity contribution in [2.75, 3.05) is 13.2 Å². The number of aliphatic hydroxyl groups is 2. The van der Waals surface area contributed by atoms with Gasteiger partial charge in [-0.25, -0.2) is 0 Å². The van der Waals surface area contributed by atoms with Crippen LogP contribution in [-0.2, 0) is 14.3 Å². The number of hydrogen-bond donors (Lipinski definition) is 3. The van der Waals surface area contributed by atoms with E-state index in [1.165, 1.54) is 302 Å². The molecule has 0 spiro atoms. The molecule has 0 bridgehead atoms. The predicted octanol–water partition coefficient (Wildman–Crippen LogP) is 20.4. The van der Waals surface area contributed by atoms with Crippen molar-refractivity contribution < 1.29 is 24.5 Å². The molecule has 3 N–H and O–H groups in total. The third kappa shape index (κ3) is 57.7. The normalized spacial score (nSPS) is 12.6. The van der Waals surface area contributed by atoms with Gasteiger partial charge in [-0.1, -0.05) is 334 Å². The highest BCUT2D eigenvalue weighted by Gasteiger charge is 2.18. The first-order valence-electron chi connectivity index (χ1n) is 32.5. The zero-order chi connectivity index (χ0) is 51.4. The maximum atomic E-state index is 12.5. The van der Waals surface area contributed by atoms with E-state index in [0.29, 0.717) is 19.4 Å². The Hall–Kier alpha value is -1.40. The maximum Gasteiger partial charge on any atom is 0.305 e. The molecular weight excluding hydrogens is 875 g/mol. The Kier molecular flexibility index (Phi) is 59.9. The van der Waals surface area contributed by atoms with Crippen LogP contribution in [0.15, 0.2) is 12.2 Å². The summed E-state index contributed by atoms with van der Waals surface area (Å²) in [6.07, 6.45) is 74.0. The highest BCUT2D eigenvalue weighted by atomic mass is 16.5. The molecule has 0 aliphatic heterocycles. The molecule has 0 aliphatic rings. The van der Waals surface area contributed by atoms with Gasteiger partial charge in [0.25, 0.3) is 0 Å². The molecule has 0 rings (SSSR count). The lowest BCUT2D eigenvalue weighted by atomic mass is 10.0. The average molecular weight is 1000 g/mol. The Bertz CT molecular complexity index is 1060. The number of aliphatic hydroxyl groups excluding tert-OH is 2. The quantitative estimate of drug-likeness (QED) is 0.0320. The second-order valence-electron chi connectivity index (χ2n) is 22.5. The van der Waals surface area contributed by atoms with Crippen molar-refractivity contribution in [3.05, 3.63) is 12.2 Å². The smallest absolute Gasteiger partial charge is 0.305 e. The number of hydrogen-bond acceptors (Lipinski definition) is 5. The van der Waals surface area contributed by atoms with Gasteiger partial charge in [0.05, 0.1) is 25.4 Å². The average Bonchev–Trinajstić information content (AvgIpc) is 3.37. The van der Waals surface area contributed by atoms with Gasteiger partial charge in [0.15, 0.2) is 0 Å². The molecule has 2 atom stereocenters. The molecule has 1 amide bonds. The van der Waals surface area contributed by atoms with Gasteiger partial charge in [-0.3, -0.25) is 9.59 Å². The molecule has 0 heterocycles. The van der Waals surface area contributed by atoms with E-state index in [2.05, 4.69) is 19.2 Å². The second kappa shape index (κ2) is 61.1. The summed E-state index contributed by atoms with van der Waals surface area (Å²) in [4.78, 5) is 24.6. The standard InChI is InChI=1S/C65H127NO5/c1-3-5-7-9-11-13-15-17-19-21-22-23-26-29-33-37-41-45-49-53-57-63(68)62(61-67)66-64(69)58-54-50-46-42-38-34-30-27-24-25-28-32-36-40-44-48-52-56-60-71-65(70)59-55-51-47-43-39-35-31-20-18-16-14-12-10-8-6-4-2/h53,57,62-63,67-68H,3-52,54-56,58-61H2,1-2H3,(H,66,69)/b57-53+. The second-order valence-corrected chi connectivity index (χ2v) is 22.5. The lowest BCUT2D eigenvalue weighted by Crippen LogP contribution is -2.45. The van der Waals surface area contributed by atoms with Crippen molar-refractivity contribution in [3.8, 4) is 0 Å². The number of esters is 1. The number of carbonyl (C=O) groups is 2. The molecule has 0 aromatic rings. The van der Waals surface area contributed by atoms with Crippen LogP contribution in [0.4, 0.5) is 0 Å². The molecule has 0 aromatic carbocycles. The minimum atomic E-state index is -0.847. The fraction of sp³-hybridized carbons (Fsp3) is 0.938. The van der Waals surface area contributed by atoms with Crippen LogP contribution in [0.25, 0.3) is 0 Å². The Balaban J connectivity index is 3.42. The summed E-state index contributed by atoms with van der Waals surface area (Å²) >= 11 is 0. The van der Waals surface area contributed by atoms with E-state index in [4.69, 9.17) is 4.74 Å². The van der Waals surface area contributed by atoms with E-state index < -0.39 is 12.1 Å². The molecule has 71 heavy (non-hydrogen) atoms. The first-order chi connectivity index (χ1) is 35.0. The number of allylic oxidation sites excluding steroid dienone is 1. The van der Waals surface area contributed by atoms with Gasteiger partial charge < -0.3 is 20.3 Å². The van der Waals surface area contributed by atoms with Gasteiger partial charge in [-0.15, -0.1) is 0 Å². The van der Waals surface area contributed by atoms with Crippen LogP contribution < -0.4 is 5.32 Å². The van der Waals surface area contributed by atoms with Gasteiger partial charge in [-0.2, -0.15) is 0 Å². The molecule has 0 fully saturated rings. The minimum absolute atomic E-state index is 0.0110. The SMILES string of the molecule is CCCCCCCCCCCCCCCCCCCC/C=C/C(O)C(CO)NC(=O)CCCCCCCCCCCCCCCCCCCCOC(=O)CCCCCCCCCCCCCCCCCC. The van der Waals surface area contributed by atoms with Crippen molar-refractivity contribution in [1.82, 2.24) is 5.32 Å². The zero-order valence-electron chi connectivity index (χ0n) is 48.2. The van der Waals surface area contributed by atoms with E-state index in [1.807, 2.05) is 6.08 Å². The highest BCUT2D eigenvalue weighted by Crippen LogP contribution is 2.18. The van der Waals surface area contributed by atoms with E-state index >= 15 is 0 Å². The number of nitrogens with one attached hydrogen (secondary N) is 1. The van der Waals surface area contributed by atoms with Crippen molar-refractivity contribution >= 4 is 11.9 Å². The van der Waals surface area contributed by atoms with Gasteiger partial charge in [-0.05, 0) is 32.1 Å². The van der Waals surface area contributed by atoms with Crippen LogP contribution in [0.1, 0.15) is 367 Å². The molecule has 6 nitrogen and oxygen atoms in total. The molecule has 0 saturated carbocycles. The van der Waals surface area contributed by atoms with Gasteiger partial charge >= 0.3 is 5.97 Å². The first-order valence-corrected chi connectivity index (χ1v) is 32.5. The zero-order valence-corrected chi connectivity index (χ0v) is 48.2. The topological polar surface area (TPSA) is 95.9 Å². The summed E-state index contributed by atoms with van der Waals surface area (Å²) in [5.41, 5.74) is 0. The van der Waals surface area contributed by atoms with Gasteiger partial charge in [0.1, 0.15) is 0 Å². The summed E-state index contributed by atoms with van der Waals surface area (Å²) < 4.78 is 5.49. The summed E-state index contributed by atoms with van der Waals surface area (Å²) in [6.45, 7) is 4.94. The lowest BCUT2D eigenvalue weighted by Gasteiger charge is -2.20. The number of rotatable bonds is 61. The Labute approximate surface area is 444 Å². The highest BCUT2D eigenvalue weighted by molar-refractivity contribution is 5.76. The predicted molar refractivity (Wildman–Crippen MR) is 310 cm³/mol. The summed E-state index contributed by atoms with van der Waals surface area (Å²) in [5.74, 6) is -0.0570. The van der Waals surface area contributed by atoms with E-state index in [1.54, 1.807) is 6.08 Å². The van der Waals surface area contributed by atoms with Crippen LogP contribution in [0.2, 0.25) is 0 Å². The van der Waals surface area contributed by atoms with E-state index in [9.17, 15) is 19.8 Å². The van der Waals surface area contributed by atoms with Crippen LogP contribution in [0, 0.1) is 0 Å². The Morgan fingerprint density at radius 1 is 0.380 bits per heavy atom. The molecular formula is C65H127NO5. The van der Waals surface area contributed by atoms with E-state index in [0.717, 1.165) is 38.5 Å². The first kappa shape index (κ1) is 69.6. The molecule has 6 heteroatoms. The van der Waals surface area contributed by atoms with Gasteiger partial charge in [0, 0.05) is 12.8 Å². The monoisotopic (exact) mass is 1000 g/mol. The molecule has 0 saturated heterocycles. The van der Waals surface area contributed by atoms with Crippen LogP contribution in [0.3, 0.4) is 0 Å². The van der Waals surface area contributed by atoms with Crippen molar-refractivity contribution in [2.45, 2.75) is 379 Å². The van der Waals surface area contributed by atoms with Crippen molar-refractivity contribution in [1.29, 1.82) is 0 Å². The Morgan fingerprint density at radius 2 is 0.648 bits per heavy atom. The lowest BCUT2D eigenvalue weighted by molar-refractivity contribution is -0.143. The number of carbonyl (C=O) groups excluding carboxylic acids is 2. The number of amides is 1. The van der Waals surface area contributed by atoms with Crippen molar-refractivity contribution in [2.24, 2.45) is 0 Å². The van der Waals surface area contributed by atoms with Gasteiger partial charge in [0.2, 0.25) is 5.91 Å². The minimum Gasteiger partial charge on any atom is -0.466 e. The van der Waals surface area contributed by atoms with Crippen LogP contribution in [-0.4, -0.2) is 47.4 Å². The van der Waals surface area contributed by atoms with Crippen LogP contribution in [0.5, 0.6) is 0 Å². The third-order valence-electron chi connectivity index (χ3n) is 15.3. The van der Waals surface area contributed by atoms with E-state index in [-0.39, 0.29) is 18.5 Å². The molecule has 2 unspecified atom stereocenters.